The number of nitrogens with zero attached hydrogens (tertiary/aromatic N) is 1. The zero-order valence-corrected chi connectivity index (χ0v) is 9.33. The smallest absolute Gasteiger partial charge is 0.321 e. The van der Waals surface area contributed by atoms with Crippen molar-refractivity contribution in [2.75, 3.05) is 25.5 Å². The summed E-state index contributed by atoms with van der Waals surface area (Å²) in [6.45, 7) is 1.79. The summed E-state index contributed by atoms with van der Waals surface area (Å²) < 4.78 is 13.0. The number of rotatable bonds is 3. The summed E-state index contributed by atoms with van der Waals surface area (Å²) in [6, 6.07) is 4.02. The Hall–Kier alpha value is -1.62. The minimum absolute atomic E-state index is 0.0909. The van der Waals surface area contributed by atoms with Crippen molar-refractivity contribution in [3.05, 3.63) is 29.6 Å². The normalized spacial score (nSPS) is 10.0. The number of likely N-dealkylation sites (N-methyl/N-ethyl adjacent to an activating group) is 1. The molecule has 0 saturated heterocycles. The molecule has 1 aromatic carbocycles. The predicted octanol–water partition coefficient (Wildman–Crippen LogP) is 1.59. The Labute approximate surface area is 93.7 Å². The summed E-state index contributed by atoms with van der Waals surface area (Å²) in [5, 5.41) is 11.3. The van der Waals surface area contributed by atoms with E-state index in [2.05, 4.69) is 5.32 Å². The summed E-state index contributed by atoms with van der Waals surface area (Å²) in [5.41, 5.74) is 1.01. The molecule has 1 rings (SSSR count). The van der Waals surface area contributed by atoms with Crippen molar-refractivity contribution in [1.82, 2.24) is 4.90 Å². The number of amides is 2. The summed E-state index contributed by atoms with van der Waals surface area (Å²) in [7, 11) is 1.57. The van der Waals surface area contributed by atoms with Gasteiger partial charge in [-0.2, -0.15) is 0 Å². The van der Waals surface area contributed by atoms with Crippen molar-refractivity contribution < 1.29 is 14.3 Å². The lowest BCUT2D eigenvalue weighted by Crippen LogP contribution is -2.33. The Balaban J connectivity index is 2.66. The van der Waals surface area contributed by atoms with E-state index in [-0.39, 0.29) is 25.0 Å². The standard InChI is InChI=1S/C11H15FN2O2/c1-8-7-9(3-4-10(8)12)13-11(16)14(2)5-6-15/h3-4,7,15H,5-6H2,1-2H3,(H,13,16). The molecule has 0 aliphatic carbocycles. The van der Waals surface area contributed by atoms with Crippen LogP contribution in [0.25, 0.3) is 0 Å². The van der Waals surface area contributed by atoms with Crippen molar-refractivity contribution in [1.29, 1.82) is 0 Å². The third kappa shape index (κ3) is 3.20. The summed E-state index contributed by atoms with van der Waals surface area (Å²) >= 11 is 0. The van der Waals surface area contributed by atoms with Gasteiger partial charge in [0.05, 0.1) is 6.61 Å². The molecular formula is C11H15FN2O2. The van der Waals surface area contributed by atoms with E-state index in [1.165, 1.54) is 17.0 Å². The molecule has 88 valence electrons. The molecule has 0 heterocycles. The maximum Gasteiger partial charge on any atom is 0.321 e. The lowest BCUT2D eigenvalue weighted by molar-refractivity contribution is 0.202. The van der Waals surface area contributed by atoms with E-state index in [4.69, 9.17) is 5.11 Å². The van der Waals surface area contributed by atoms with Crippen LogP contribution in [0.5, 0.6) is 0 Å². The number of hydrogen-bond donors (Lipinski definition) is 2. The maximum atomic E-state index is 13.0. The molecule has 0 unspecified atom stereocenters. The van der Waals surface area contributed by atoms with E-state index in [1.54, 1.807) is 20.0 Å². The first kappa shape index (κ1) is 12.4. The van der Waals surface area contributed by atoms with Crippen molar-refractivity contribution in [3.63, 3.8) is 0 Å². The highest BCUT2D eigenvalue weighted by atomic mass is 19.1. The number of hydrogen-bond acceptors (Lipinski definition) is 2. The summed E-state index contributed by atoms with van der Waals surface area (Å²) in [4.78, 5) is 12.9. The van der Waals surface area contributed by atoms with Gasteiger partial charge in [-0.25, -0.2) is 9.18 Å². The van der Waals surface area contributed by atoms with Crippen LogP contribution in [-0.2, 0) is 0 Å². The fraction of sp³-hybridized carbons (Fsp3) is 0.364. The lowest BCUT2D eigenvalue weighted by atomic mass is 10.2. The van der Waals surface area contributed by atoms with Crippen LogP contribution in [0.2, 0.25) is 0 Å². The second-order valence-corrected chi connectivity index (χ2v) is 3.54. The molecule has 16 heavy (non-hydrogen) atoms. The molecule has 0 bridgehead atoms. The van der Waals surface area contributed by atoms with Crippen LogP contribution >= 0.6 is 0 Å². The molecule has 4 nitrogen and oxygen atoms in total. The quantitative estimate of drug-likeness (QED) is 0.822. The van der Waals surface area contributed by atoms with E-state index in [1.807, 2.05) is 0 Å². The molecule has 0 atom stereocenters. The Morgan fingerprint density at radius 3 is 2.81 bits per heavy atom. The Bertz CT molecular complexity index is 382. The van der Waals surface area contributed by atoms with Gasteiger partial charge >= 0.3 is 6.03 Å². The van der Waals surface area contributed by atoms with Gasteiger partial charge in [-0.1, -0.05) is 0 Å². The van der Waals surface area contributed by atoms with Crippen LogP contribution in [-0.4, -0.2) is 36.2 Å². The highest BCUT2D eigenvalue weighted by Gasteiger charge is 2.08. The monoisotopic (exact) mass is 226 g/mol. The van der Waals surface area contributed by atoms with E-state index in [0.29, 0.717) is 11.3 Å². The molecule has 2 amide bonds. The minimum Gasteiger partial charge on any atom is -0.395 e. The second-order valence-electron chi connectivity index (χ2n) is 3.54. The van der Waals surface area contributed by atoms with Crippen LogP contribution in [0, 0.1) is 12.7 Å². The zero-order valence-electron chi connectivity index (χ0n) is 9.33. The molecule has 0 aliphatic rings. The predicted molar refractivity (Wildman–Crippen MR) is 59.9 cm³/mol. The fourth-order valence-corrected chi connectivity index (χ4v) is 1.19. The third-order valence-corrected chi connectivity index (χ3v) is 2.19. The Morgan fingerprint density at radius 1 is 1.56 bits per heavy atom. The van der Waals surface area contributed by atoms with Gasteiger partial charge in [0.15, 0.2) is 0 Å². The number of anilines is 1. The van der Waals surface area contributed by atoms with Crippen LogP contribution in [0.3, 0.4) is 0 Å². The van der Waals surface area contributed by atoms with E-state index >= 15 is 0 Å². The number of nitrogens with one attached hydrogen (secondary N) is 1. The highest BCUT2D eigenvalue weighted by Crippen LogP contribution is 2.13. The molecule has 0 spiro atoms. The van der Waals surface area contributed by atoms with Gasteiger partial charge in [0.1, 0.15) is 5.82 Å². The largest absolute Gasteiger partial charge is 0.395 e. The van der Waals surface area contributed by atoms with Crippen LogP contribution in [0.15, 0.2) is 18.2 Å². The highest BCUT2D eigenvalue weighted by molar-refractivity contribution is 5.89. The van der Waals surface area contributed by atoms with Gasteiger partial charge in [-0.3, -0.25) is 0 Å². The number of aryl methyl sites for hydroxylation is 1. The van der Waals surface area contributed by atoms with Gasteiger partial charge < -0.3 is 15.3 Å². The van der Waals surface area contributed by atoms with Crippen LogP contribution < -0.4 is 5.32 Å². The number of aliphatic hydroxyl groups is 1. The summed E-state index contributed by atoms with van der Waals surface area (Å²) in [5.74, 6) is -0.304. The van der Waals surface area contributed by atoms with Gasteiger partial charge in [0.25, 0.3) is 0 Å². The van der Waals surface area contributed by atoms with Gasteiger partial charge in [0, 0.05) is 19.3 Å². The molecule has 5 heteroatoms. The average molecular weight is 226 g/mol. The molecule has 1 aromatic rings. The zero-order chi connectivity index (χ0) is 12.1. The van der Waals surface area contributed by atoms with Crippen molar-refractivity contribution >= 4 is 11.7 Å². The van der Waals surface area contributed by atoms with Gasteiger partial charge in [0.2, 0.25) is 0 Å². The number of halogens is 1. The van der Waals surface area contributed by atoms with Crippen molar-refractivity contribution in [2.24, 2.45) is 0 Å². The summed E-state index contributed by atoms with van der Waals surface area (Å²) in [6.07, 6.45) is 0. The second kappa shape index (κ2) is 5.46. The van der Waals surface area contributed by atoms with Crippen molar-refractivity contribution in [2.45, 2.75) is 6.92 Å². The van der Waals surface area contributed by atoms with E-state index in [9.17, 15) is 9.18 Å². The first-order chi connectivity index (χ1) is 7.54. The lowest BCUT2D eigenvalue weighted by Gasteiger charge is -2.16. The van der Waals surface area contributed by atoms with E-state index in [0.717, 1.165) is 0 Å². The maximum absolute atomic E-state index is 13.0. The number of urea groups is 1. The Morgan fingerprint density at radius 2 is 2.25 bits per heavy atom. The van der Waals surface area contributed by atoms with Crippen LogP contribution in [0.1, 0.15) is 5.56 Å². The number of aliphatic hydroxyl groups excluding tert-OH is 1. The number of benzene rings is 1. The van der Waals surface area contributed by atoms with Crippen LogP contribution in [0.4, 0.5) is 14.9 Å². The third-order valence-electron chi connectivity index (χ3n) is 2.19. The van der Waals surface area contributed by atoms with E-state index < -0.39 is 0 Å². The SMILES string of the molecule is Cc1cc(NC(=O)N(C)CCO)ccc1F. The molecule has 0 aromatic heterocycles. The first-order valence-electron chi connectivity index (χ1n) is 4.93. The van der Waals surface area contributed by atoms with Gasteiger partial charge in [-0.05, 0) is 30.7 Å². The Kier molecular flexibility index (Phi) is 4.25. The molecular weight excluding hydrogens is 211 g/mol. The molecule has 2 N–H and O–H groups in total. The fourth-order valence-electron chi connectivity index (χ4n) is 1.19. The first-order valence-corrected chi connectivity index (χ1v) is 4.93. The average Bonchev–Trinajstić information content (AvgIpc) is 2.24. The minimum atomic E-state index is -0.333. The molecule has 0 saturated carbocycles. The number of carbonyl (C=O) groups excluding carboxylic acids is 1. The molecule has 0 radical (unpaired) electrons. The topological polar surface area (TPSA) is 52.6 Å². The van der Waals surface area contributed by atoms with Gasteiger partial charge in [-0.15, -0.1) is 0 Å². The number of carbonyl (C=O) groups is 1. The molecule has 0 aliphatic heterocycles. The van der Waals surface area contributed by atoms with Crippen molar-refractivity contribution in [3.8, 4) is 0 Å². The molecule has 0 fully saturated rings.